The SMILES string of the molecule is CCCCCC1CCC(C2CCC(O)(c3cc(Br)cc(Br)c3)CC2)CC1. The van der Waals surface area contributed by atoms with E-state index in [-0.39, 0.29) is 0 Å². The van der Waals surface area contributed by atoms with Gasteiger partial charge in [-0.1, -0.05) is 77.3 Å². The van der Waals surface area contributed by atoms with E-state index >= 15 is 0 Å². The first kappa shape index (κ1) is 20.9. The largest absolute Gasteiger partial charge is 0.385 e. The van der Waals surface area contributed by atoms with Gasteiger partial charge in [-0.3, -0.25) is 0 Å². The molecule has 2 fully saturated rings. The minimum absolute atomic E-state index is 0.639. The number of benzene rings is 1. The maximum atomic E-state index is 11.2. The molecule has 2 aliphatic rings. The Hall–Kier alpha value is 0.140. The molecule has 2 saturated carbocycles. The molecule has 1 N–H and O–H groups in total. The number of rotatable bonds is 6. The van der Waals surface area contributed by atoms with Crippen LogP contribution in [0.2, 0.25) is 0 Å². The van der Waals surface area contributed by atoms with E-state index in [1.54, 1.807) is 0 Å². The van der Waals surface area contributed by atoms with Gasteiger partial charge in [-0.15, -0.1) is 0 Å². The van der Waals surface area contributed by atoms with E-state index in [0.29, 0.717) is 0 Å². The number of hydrogen-bond donors (Lipinski definition) is 1. The van der Waals surface area contributed by atoms with Crippen LogP contribution in [0.25, 0.3) is 0 Å². The van der Waals surface area contributed by atoms with Crippen LogP contribution in [0.3, 0.4) is 0 Å². The molecule has 0 unspecified atom stereocenters. The Morgan fingerprint density at radius 2 is 1.46 bits per heavy atom. The lowest BCUT2D eigenvalue weighted by Crippen LogP contribution is -2.34. The number of unbranched alkanes of at least 4 members (excludes halogenated alkanes) is 2. The maximum Gasteiger partial charge on any atom is 0.0897 e. The molecule has 0 heterocycles. The van der Waals surface area contributed by atoms with Crippen LogP contribution in [0.5, 0.6) is 0 Å². The third-order valence-corrected chi connectivity index (χ3v) is 7.95. The Labute approximate surface area is 176 Å². The predicted octanol–water partition coefficient (Wildman–Crippen LogP) is 7.98. The molecular weight excluding hydrogens is 452 g/mol. The second-order valence-electron chi connectivity index (χ2n) is 8.80. The van der Waals surface area contributed by atoms with Crippen molar-refractivity contribution in [2.24, 2.45) is 17.8 Å². The lowest BCUT2D eigenvalue weighted by molar-refractivity contribution is -0.0261. The quantitative estimate of drug-likeness (QED) is 0.405. The van der Waals surface area contributed by atoms with Crippen LogP contribution in [0.1, 0.15) is 89.5 Å². The normalized spacial score (nSPS) is 32.5. The third kappa shape index (κ3) is 5.35. The molecule has 146 valence electrons. The molecule has 0 aliphatic heterocycles. The Kier molecular flexibility index (Phi) is 7.67. The van der Waals surface area contributed by atoms with Crippen molar-refractivity contribution in [3.8, 4) is 0 Å². The minimum Gasteiger partial charge on any atom is -0.385 e. The van der Waals surface area contributed by atoms with Gasteiger partial charge in [0.2, 0.25) is 0 Å². The van der Waals surface area contributed by atoms with Crippen LogP contribution in [0.15, 0.2) is 27.1 Å². The van der Waals surface area contributed by atoms with Crippen molar-refractivity contribution in [2.45, 2.75) is 89.6 Å². The molecule has 1 aromatic carbocycles. The van der Waals surface area contributed by atoms with Gasteiger partial charge in [0.15, 0.2) is 0 Å². The summed E-state index contributed by atoms with van der Waals surface area (Å²) in [7, 11) is 0. The van der Waals surface area contributed by atoms with Crippen molar-refractivity contribution in [3.05, 3.63) is 32.7 Å². The zero-order valence-electron chi connectivity index (χ0n) is 16.2. The summed E-state index contributed by atoms with van der Waals surface area (Å²) in [5.74, 6) is 2.75. The van der Waals surface area contributed by atoms with Crippen LogP contribution >= 0.6 is 31.9 Å². The van der Waals surface area contributed by atoms with Gasteiger partial charge in [0.1, 0.15) is 0 Å². The standard InChI is InChI=1S/C23H34Br2O/c1-2-3-4-5-17-6-8-18(9-7-17)19-10-12-23(26,13-11-19)20-14-21(24)16-22(25)15-20/h14-19,26H,2-13H2,1H3. The van der Waals surface area contributed by atoms with Crippen LogP contribution in [-0.4, -0.2) is 5.11 Å². The first-order chi connectivity index (χ1) is 12.5. The van der Waals surface area contributed by atoms with Gasteiger partial charge in [0, 0.05) is 8.95 Å². The van der Waals surface area contributed by atoms with Crippen LogP contribution in [0.4, 0.5) is 0 Å². The highest BCUT2D eigenvalue weighted by Gasteiger charge is 2.38. The summed E-state index contributed by atoms with van der Waals surface area (Å²) in [6.45, 7) is 2.30. The first-order valence-corrected chi connectivity index (χ1v) is 12.3. The highest BCUT2D eigenvalue weighted by Crippen LogP contribution is 2.46. The van der Waals surface area contributed by atoms with E-state index in [9.17, 15) is 5.11 Å². The second-order valence-corrected chi connectivity index (χ2v) is 10.6. The highest BCUT2D eigenvalue weighted by atomic mass is 79.9. The summed E-state index contributed by atoms with van der Waals surface area (Å²) in [5.41, 5.74) is 0.428. The fraction of sp³-hybridized carbons (Fsp3) is 0.739. The van der Waals surface area contributed by atoms with E-state index in [1.165, 1.54) is 64.2 Å². The number of hydrogen-bond acceptors (Lipinski definition) is 1. The molecule has 0 saturated heterocycles. The van der Waals surface area contributed by atoms with Gasteiger partial charge in [0.05, 0.1) is 5.60 Å². The second kappa shape index (κ2) is 9.56. The molecule has 1 nitrogen and oxygen atoms in total. The Bertz CT molecular complexity index is 549. The molecule has 0 aromatic heterocycles. The number of aliphatic hydroxyl groups is 1. The molecular formula is C23H34Br2O. The van der Waals surface area contributed by atoms with Gasteiger partial charge in [-0.25, -0.2) is 0 Å². The summed E-state index contributed by atoms with van der Waals surface area (Å²) >= 11 is 7.13. The minimum atomic E-state index is -0.639. The topological polar surface area (TPSA) is 20.2 Å². The van der Waals surface area contributed by atoms with Gasteiger partial charge >= 0.3 is 0 Å². The average Bonchev–Trinajstić information content (AvgIpc) is 2.62. The molecule has 0 amide bonds. The molecule has 3 rings (SSSR count). The highest BCUT2D eigenvalue weighted by molar-refractivity contribution is 9.11. The molecule has 0 atom stereocenters. The third-order valence-electron chi connectivity index (χ3n) is 7.03. The molecule has 0 bridgehead atoms. The lowest BCUT2D eigenvalue weighted by atomic mass is 9.66. The Morgan fingerprint density at radius 1 is 0.885 bits per heavy atom. The fourth-order valence-electron chi connectivity index (χ4n) is 5.33. The smallest absolute Gasteiger partial charge is 0.0897 e. The van der Waals surface area contributed by atoms with Crippen molar-refractivity contribution in [1.82, 2.24) is 0 Å². The number of halogens is 2. The van der Waals surface area contributed by atoms with Gasteiger partial charge < -0.3 is 5.11 Å². The van der Waals surface area contributed by atoms with Crippen molar-refractivity contribution in [2.75, 3.05) is 0 Å². The molecule has 2 aliphatic carbocycles. The van der Waals surface area contributed by atoms with E-state index in [0.717, 1.165) is 45.1 Å². The average molecular weight is 486 g/mol. The monoisotopic (exact) mass is 484 g/mol. The van der Waals surface area contributed by atoms with E-state index in [2.05, 4.69) is 50.9 Å². The first-order valence-electron chi connectivity index (χ1n) is 10.7. The fourth-order valence-corrected chi connectivity index (χ4v) is 6.63. The Morgan fingerprint density at radius 3 is 2.04 bits per heavy atom. The Balaban J connectivity index is 1.49. The zero-order valence-corrected chi connectivity index (χ0v) is 19.3. The van der Waals surface area contributed by atoms with Gasteiger partial charge in [-0.2, -0.15) is 0 Å². The zero-order chi connectivity index (χ0) is 18.6. The molecule has 0 spiro atoms. The van der Waals surface area contributed by atoms with Crippen LogP contribution in [0, 0.1) is 17.8 Å². The van der Waals surface area contributed by atoms with Crippen molar-refractivity contribution in [3.63, 3.8) is 0 Å². The van der Waals surface area contributed by atoms with Gasteiger partial charge in [0.25, 0.3) is 0 Å². The summed E-state index contributed by atoms with van der Waals surface area (Å²) in [5, 5.41) is 11.2. The van der Waals surface area contributed by atoms with Crippen molar-refractivity contribution >= 4 is 31.9 Å². The van der Waals surface area contributed by atoms with E-state index in [4.69, 9.17) is 0 Å². The summed E-state index contributed by atoms with van der Waals surface area (Å²) in [6, 6.07) is 6.22. The van der Waals surface area contributed by atoms with Crippen molar-refractivity contribution < 1.29 is 5.11 Å². The van der Waals surface area contributed by atoms with Gasteiger partial charge in [-0.05, 0) is 80.0 Å². The van der Waals surface area contributed by atoms with Crippen LogP contribution in [-0.2, 0) is 5.60 Å². The van der Waals surface area contributed by atoms with Crippen LogP contribution < -0.4 is 0 Å². The van der Waals surface area contributed by atoms with Crippen molar-refractivity contribution in [1.29, 1.82) is 0 Å². The van der Waals surface area contributed by atoms with E-state index < -0.39 is 5.60 Å². The molecule has 1 aromatic rings. The molecule has 3 heteroatoms. The molecule has 0 radical (unpaired) electrons. The lowest BCUT2D eigenvalue weighted by Gasteiger charge is -2.41. The molecule has 26 heavy (non-hydrogen) atoms. The van der Waals surface area contributed by atoms with E-state index in [1.807, 2.05) is 6.07 Å². The summed E-state index contributed by atoms with van der Waals surface area (Å²) in [4.78, 5) is 0. The summed E-state index contributed by atoms with van der Waals surface area (Å²) in [6.07, 6.45) is 15.6. The predicted molar refractivity (Wildman–Crippen MR) is 117 cm³/mol. The summed E-state index contributed by atoms with van der Waals surface area (Å²) < 4.78 is 2.08. The maximum absolute atomic E-state index is 11.2.